The predicted octanol–water partition coefficient (Wildman–Crippen LogP) is 3.76. The molecular formula is C14H11Cl2FN2O3S. The zero-order valence-corrected chi connectivity index (χ0v) is 14.1. The van der Waals surface area contributed by atoms with E-state index in [-0.39, 0.29) is 22.0 Å². The van der Waals surface area contributed by atoms with Crippen molar-refractivity contribution in [1.82, 2.24) is 0 Å². The highest BCUT2D eigenvalue weighted by atomic mass is 35.5. The first-order valence-electron chi connectivity index (χ1n) is 6.19. The first kappa shape index (κ1) is 17.5. The summed E-state index contributed by atoms with van der Waals surface area (Å²) < 4.78 is 38.0. The Morgan fingerprint density at radius 2 is 1.83 bits per heavy atom. The van der Waals surface area contributed by atoms with Gasteiger partial charge in [-0.2, -0.15) is 0 Å². The number of nitrogens with one attached hydrogen (secondary N) is 2. The van der Waals surface area contributed by atoms with Crippen LogP contribution >= 0.6 is 23.2 Å². The molecular weight excluding hydrogens is 366 g/mol. The summed E-state index contributed by atoms with van der Waals surface area (Å²) in [6.07, 6.45) is 0.894. The summed E-state index contributed by atoms with van der Waals surface area (Å²) in [5.41, 5.74) is 0.110. The number of anilines is 2. The minimum Gasteiger partial charge on any atom is -0.322 e. The third kappa shape index (κ3) is 4.82. The molecule has 0 aliphatic heterocycles. The Labute approximate surface area is 142 Å². The van der Waals surface area contributed by atoms with E-state index in [0.717, 1.165) is 18.4 Å². The summed E-state index contributed by atoms with van der Waals surface area (Å²) >= 11 is 11.7. The van der Waals surface area contributed by atoms with E-state index in [1.165, 1.54) is 24.3 Å². The van der Waals surface area contributed by atoms with Crippen LogP contribution in [0.25, 0.3) is 0 Å². The van der Waals surface area contributed by atoms with E-state index in [9.17, 15) is 17.6 Å². The summed E-state index contributed by atoms with van der Waals surface area (Å²) in [6.45, 7) is 0. The summed E-state index contributed by atoms with van der Waals surface area (Å²) in [5.74, 6) is -1.30. The van der Waals surface area contributed by atoms with E-state index in [1.54, 1.807) is 0 Å². The van der Waals surface area contributed by atoms with E-state index < -0.39 is 21.7 Å². The van der Waals surface area contributed by atoms with Crippen LogP contribution in [-0.2, 0) is 10.0 Å². The van der Waals surface area contributed by atoms with Crippen LogP contribution in [0.3, 0.4) is 0 Å². The molecule has 2 rings (SSSR count). The van der Waals surface area contributed by atoms with Gasteiger partial charge in [-0.15, -0.1) is 0 Å². The van der Waals surface area contributed by atoms with Gasteiger partial charge in [-0.3, -0.25) is 9.52 Å². The Morgan fingerprint density at radius 1 is 1.13 bits per heavy atom. The number of carbonyl (C=O) groups excluding carboxylic acids is 1. The molecule has 0 saturated carbocycles. The summed E-state index contributed by atoms with van der Waals surface area (Å²) in [5, 5.41) is 3.05. The molecule has 2 N–H and O–H groups in total. The molecule has 122 valence electrons. The van der Waals surface area contributed by atoms with Gasteiger partial charge in [0.15, 0.2) is 0 Å². The lowest BCUT2D eigenvalue weighted by Gasteiger charge is -2.10. The van der Waals surface area contributed by atoms with E-state index in [0.29, 0.717) is 5.02 Å². The average molecular weight is 377 g/mol. The molecule has 0 heterocycles. The van der Waals surface area contributed by atoms with Crippen molar-refractivity contribution >= 4 is 50.5 Å². The summed E-state index contributed by atoms with van der Waals surface area (Å²) in [7, 11) is -3.65. The van der Waals surface area contributed by atoms with Gasteiger partial charge in [0.2, 0.25) is 10.0 Å². The third-order valence-electron chi connectivity index (χ3n) is 2.70. The standard InChI is InChI=1S/C14H11Cl2FN2O3S/c1-23(21,22)19-13-7-9(3-5-12(13)17)18-14(20)10-4-2-8(15)6-11(10)16/h2-7,19H,1H3,(H,18,20). The maximum atomic E-state index is 13.6. The van der Waals surface area contributed by atoms with Gasteiger partial charge in [0.1, 0.15) is 5.82 Å². The molecule has 0 aromatic heterocycles. The van der Waals surface area contributed by atoms with Gasteiger partial charge in [-0.25, -0.2) is 12.8 Å². The van der Waals surface area contributed by atoms with E-state index in [1.807, 2.05) is 4.72 Å². The van der Waals surface area contributed by atoms with Crippen molar-refractivity contribution in [1.29, 1.82) is 0 Å². The molecule has 0 fully saturated rings. The highest BCUT2D eigenvalue weighted by Gasteiger charge is 2.13. The van der Waals surface area contributed by atoms with Gasteiger partial charge in [-0.1, -0.05) is 23.2 Å². The van der Waals surface area contributed by atoms with E-state index >= 15 is 0 Å². The lowest BCUT2D eigenvalue weighted by atomic mass is 10.2. The number of amides is 1. The number of sulfonamides is 1. The molecule has 0 aliphatic carbocycles. The highest BCUT2D eigenvalue weighted by Crippen LogP contribution is 2.24. The van der Waals surface area contributed by atoms with Gasteiger partial charge in [0.25, 0.3) is 5.91 Å². The van der Waals surface area contributed by atoms with Crippen LogP contribution < -0.4 is 10.0 Å². The van der Waals surface area contributed by atoms with Crippen LogP contribution in [0.2, 0.25) is 10.0 Å². The fraction of sp³-hybridized carbons (Fsp3) is 0.0714. The van der Waals surface area contributed by atoms with Gasteiger partial charge in [0.05, 0.1) is 22.5 Å². The lowest BCUT2D eigenvalue weighted by Crippen LogP contribution is -2.14. The van der Waals surface area contributed by atoms with Crippen LogP contribution in [0.4, 0.5) is 15.8 Å². The molecule has 9 heteroatoms. The Morgan fingerprint density at radius 3 is 2.43 bits per heavy atom. The smallest absolute Gasteiger partial charge is 0.257 e. The van der Waals surface area contributed by atoms with Crippen LogP contribution in [0, 0.1) is 5.82 Å². The molecule has 0 radical (unpaired) electrons. The Hall–Kier alpha value is -1.83. The zero-order chi connectivity index (χ0) is 17.2. The Bertz CT molecular complexity index is 872. The van der Waals surface area contributed by atoms with Crippen molar-refractivity contribution < 1.29 is 17.6 Å². The van der Waals surface area contributed by atoms with Gasteiger partial charge < -0.3 is 5.32 Å². The van der Waals surface area contributed by atoms with Crippen molar-refractivity contribution in [2.45, 2.75) is 0 Å². The Kier molecular flexibility index (Phi) is 5.13. The van der Waals surface area contributed by atoms with E-state index in [2.05, 4.69) is 5.32 Å². The zero-order valence-electron chi connectivity index (χ0n) is 11.7. The van der Waals surface area contributed by atoms with Crippen LogP contribution in [0.15, 0.2) is 36.4 Å². The van der Waals surface area contributed by atoms with Crippen molar-refractivity contribution in [3.63, 3.8) is 0 Å². The normalized spacial score (nSPS) is 11.1. The fourth-order valence-corrected chi connectivity index (χ4v) is 2.80. The van der Waals surface area contributed by atoms with Crippen molar-refractivity contribution in [3.05, 3.63) is 57.8 Å². The number of benzene rings is 2. The Balaban J connectivity index is 2.26. The monoisotopic (exact) mass is 376 g/mol. The quantitative estimate of drug-likeness (QED) is 0.852. The van der Waals surface area contributed by atoms with Crippen LogP contribution in [0.1, 0.15) is 10.4 Å². The number of rotatable bonds is 4. The maximum Gasteiger partial charge on any atom is 0.257 e. The number of hydrogen-bond donors (Lipinski definition) is 2. The third-order valence-corrected chi connectivity index (χ3v) is 3.83. The second kappa shape index (κ2) is 6.74. The molecule has 2 aromatic carbocycles. The second-order valence-electron chi connectivity index (χ2n) is 4.65. The molecule has 0 aliphatic rings. The molecule has 0 saturated heterocycles. The molecule has 0 atom stereocenters. The van der Waals surface area contributed by atoms with Crippen molar-refractivity contribution in [2.75, 3.05) is 16.3 Å². The summed E-state index contributed by atoms with van der Waals surface area (Å²) in [4.78, 5) is 12.2. The van der Waals surface area contributed by atoms with Gasteiger partial charge in [-0.05, 0) is 36.4 Å². The molecule has 0 bridgehead atoms. The van der Waals surface area contributed by atoms with Crippen LogP contribution in [-0.4, -0.2) is 20.6 Å². The first-order valence-corrected chi connectivity index (χ1v) is 8.84. The molecule has 23 heavy (non-hydrogen) atoms. The topological polar surface area (TPSA) is 75.3 Å². The first-order chi connectivity index (χ1) is 10.7. The predicted molar refractivity (Wildman–Crippen MR) is 89.3 cm³/mol. The van der Waals surface area contributed by atoms with Gasteiger partial charge in [0, 0.05) is 10.7 Å². The number of carbonyl (C=O) groups is 1. The number of halogens is 3. The maximum absolute atomic E-state index is 13.6. The molecule has 1 amide bonds. The SMILES string of the molecule is CS(=O)(=O)Nc1cc(NC(=O)c2ccc(Cl)cc2Cl)ccc1F. The molecule has 0 unspecified atom stereocenters. The number of hydrogen-bond acceptors (Lipinski definition) is 3. The van der Waals surface area contributed by atoms with Crippen molar-refractivity contribution in [3.8, 4) is 0 Å². The molecule has 2 aromatic rings. The summed E-state index contributed by atoms with van der Waals surface area (Å²) in [6, 6.07) is 7.86. The highest BCUT2D eigenvalue weighted by molar-refractivity contribution is 7.92. The second-order valence-corrected chi connectivity index (χ2v) is 7.24. The fourth-order valence-electron chi connectivity index (χ4n) is 1.75. The van der Waals surface area contributed by atoms with E-state index in [4.69, 9.17) is 23.2 Å². The lowest BCUT2D eigenvalue weighted by molar-refractivity contribution is 0.102. The molecule has 5 nitrogen and oxygen atoms in total. The van der Waals surface area contributed by atoms with Gasteiger partial charge >= 0.3 is 0 Å². The minimum absolute atomic E-state index is 0.159. The van der Waals surface area contributed by atoms with Crippen LogP contribution in [0.5, 0.6) is 0 Å². The van der Waals surface area contributed by atoms with Crippen molar-refractivity contribution in [2.24, 2.45) is 0 Å². The largest absolute Gasteiger partial charge is 0.322 e. The minimum atomic E-state index is -3.65. The molecule has 0 spiro atoms. The average Bonchev–Trinajstić information content (AvgIpc) is 2.40.